The molecule has 33 heavy (non-hydrogen) atoms. The van der Waals surface area contributed by atoms with Crippen molar-refractivity contribution >= 4 is 56.5 Å². The van der Waals surface area contributed by atoms with E-state index in [2.05, 4.69) is 5.32 Å². The number of hydrogen-bond acceptors (Lipinski definition) is 5. The molecule has 0 spiro atoms. The van der Waals surface area contributed by atoms with Crippen LogP contribution in [-0.4, -0.2) is 33.9 Å². The molecule has 0 saturated heterocycles. The van der Waals surface area contributed by atoms with E-state index in [1.807, 2.05) is 0 Å². The maximum absolute atomic E-state index is 13.4. The van der Waals surface area contributed by atoms with Crippen LogP contribution in [-0.2, 0) is 19.6 Å². The molecule has 1 N–H and O–H groups in total. The smallest absolute Gasteiger partial charge is 0.337 e. The molecule has 0 atom stereocenters. The maximum Gasteiger partial charge on any atom is 0.337 e. The summed E-state index contributed by atoms with van der Waals surface area (Å²) in [5.74, 6) is -1.19. The number of halogens is 2. The van der Waals surface area contributed by atoms with Crippen molar-refractivity contribution in [3.05, 3.63) is 87.9 Å². The molecular weight excluding hydrogens is 487 g/mol. The van der Waals surface area contributed by atoms with Gasteiger partial charge in [0.15, 0.2) is 0 Å². The summed E-state index contributed by atoms with van der Waals surface area (Å²) in [5.41, 5.74) is 1.41. The lowest BCUT2D eigenvalue weighted by Crippen LogP contribution is -2.38. The van der Waals surface area contributed by atoms with Crippen LogP contribution < -0.4 is 9.62 Å². The fourth-order valence-corrected chi connectivity index (χ4v) is 4.98. The monoisotopic (exact) mass is 506 g/mol. The first-order valence-electron chi connectivity index (χ1n) is 9.64. The molecule has 0 saturated carbocycles. The van der Waals surface area contributed by atoms with Crippen molar-refractivity contribution in [2.45, 2.75) is 11.8 Å². The van der Waals surface area contributed by atoms with Crippen LogP contribution in [0, 0.1) is 6.92 Å². The number of methoxy groups -OCH3 is 1. The van der Waals surface area contributed by atoms with Crippen molar-refractivity contribution in [1.29, 1.82) is 0 Å². The fourth-order valence-electron chi connectivity index (χ4n) is 3.04. The summed E-state index contributed by atoms with van der Waals surface area (Å²) in [6.45, 7) is 1.18. The van der Waals surface area contributed by atoms with Crippen LogP contribution in [0.3, 0.4) is 0 Å². The molecule has 10 heteroatoms. The van der Waals surface area contributed by atoms with Crippen molar-refractivity contribution in [3.63, 3.8) is 0 Å². The molecule has 0 aromatic heterocycles. The van der Waals surface area contributed by atoms with Crippen molar-refractivity contribution < 1.29 is 22.7 Å². The standard InChI is InChI=1S/C23H20Cl2N2O5S/c1-15-8-9-16(23(29)32-2)10-21(15)26-22(28)14-27(19-12-17(24)11-18(25)13-19)33(30,31)20-6-4-3-5-7-20/h3-13H,14H2,1-2H3,(H,26,28). The zero-order chi connectivity index (χ0) is 24.2. The van der Waals surface area contributed by atoms with Gasteiger partial charge in [-0.25, -0.2) is 13.2 Å². The summed E-state index contributed by atoms with van der Waals surface area (Å²) in [4.78, 5) is 24.8. The average Bonchev–Trinajstić information content (AvgIpc) is 2.78. The number of rotatable bonds is 7. The fraction of sp³-hybridized carbons (Fsp3) is 0.130. The van der Waals surface area contributed by atoms with Crippen LogP contribution in [0.15, 0.2) is 71.6 Å². The Morgan fingerprint density at radius 1 is 0.970 bits per heavy atom. The number of anilines is 2. The van der Waals surface area contributed by atoms with E-state index in [0.29, 0.717) is 11.3 Å². The van der Waals surface area contributed by atoms with E-state index >= 15 is 0 Å². The minimum Gasteiger partial charge on any atom is -0.465 e. The number of aryl methyl sites for hydroxylation is 1. The largest absolute Gasteiger partial charge is 0.465 e. The van der Waals surface area contributed by atoms with E-state index in [-0.39, 0.29) is 26.2 Å². The molecule has 0 heterocycles. The van der Waals surface area contributed by atoms with Crippen LogP contribution in [0.1, 0.15) is 15.9 Å². The summed E-state index contributed by atoms with van der Waals surface area (Å²) < 4.78 is 32.4. The van der Waals surface area contributed by atoms with E-state index < -0.39 is 28.4 Å². The molecule has 7 nitrogen and oxygen atoms in total. The Bertz CT molecular complexity index is 1280. The van der Waals surface area contributed by atoms with E-state index in [1.165, 1.54) is 43.5 Å². The number of carbonyl (C=O) groups is 2. The predicted molar refractivity (Wildman–Crippen MR) is 129 cm³/mol. The maximum atomic E-state index is 13.4. The Kier molecular flexibility index (Phi) is 7.63. The lowest BCUT2D eigenvalue weighted by molar-refractivity contribution is -0.114. The highest BCUT2D eigenvalue weighted by atomic mass is 35.5. The average molecular weight is 507 g/mol. The summed E-state index contributed by atoms with van der Waals surface area (Å²) in [6.07, 6.45) is 0. The molecule has 0 radical (unpaired) electrons. The Labute approximate surface area is 201 Å². The summed E-state index contributed by atoms with van der Waals surface area (Å²) in [7, 11) is -2.88. The predicted octanol–water partition coefficient (Wildman–Crippen LogP) is 4.92. The molecule has 0 fully saturated rings. The first kappa shape index (κ1) is 24.6. The Morgan fingerprint density at radius 3 is 2.21 bits per heavy atom. The lowest BCUT2D eigenvalue weighted by atomic mass is 10.1. The third-order valence-electron chi connectivity index (χ3n) is 4.69. The molecule has 3 aromatic rings. The number of nitrogens with zero attached hydrogens (tertiary/aromatic N) is 1. The minimum atomic E-state index is -4.13. The Morgan fingerprint density at radius 2 is 1.61 bits per heavy atom. The van der Waals surface area contributed by atoms with E-state index in [4.69, 9.17) is 27.9 Å². The van der Waals surface area contributed by atoms with Crippen LogP contribution in [0.4, 0.5) is 11.4 Å². The van der Waals surface area contributed by atoms with Gasteiger partial charge in [-0.15, -0.1) is 0 Å². The van der Waals surface area contributed by atoms with Gasteiger partial charge >= 0.3 is 5.97 Å². The van der Waals surface area contributed by atoms with Gasteiger partial charge in [0.1, 0.15) is 6.54 Å². The molecule has 1 amide bonds. The second-order valence-corrected chi connectivity index (χ2v) is 9.76. The van der Waals surface area contributed by atoms with Crippen LogP contribution in [0.25, 0.3) is 0 Å². The first-order valence-corrected chi connectivity index (χ1v) is 11.8. The zero-order valence-electron chi connectivity index (χ0n) is 17.7. The van der Waals surface area contributed by atoms with Gasteiger partial charge in [-0.2, -0.15) is 0 Å². The molecular formula is C23H20Cl2N2O5S. The van der Waals surface area contributed by atoms with Crippen molar-refractivity contribution in [2.24, 2.45) is 0 Å². The minimum absolute atomic E-state index is 0.00207. The highest BCUT2D eigenvalue weighted by Gasteiger charge is 2.28. The first-order chi connectivity index (χ1) is 15.6. The number of nitrogens with one attached hydrogen (secondary N) is 1. The number of amides is 1. The van der Waals surface area contributed by atoms with Gasteiger partial charge in [0.2, 0.25) is 5.91 Å². The van der Waals surface area contributed by atoms with Crippen molar-refractivity contribution in [2.75, 3.05) is 23.3 Å². The highest BCUT2D eigenvalue weighted by Crippen LogP contribution is 2.30. The molecule has 0 aliphatic rings. The summed E-state index contributed by atoms with van der Waals surface area (Å²) in [5, 5.41) is 3.09. The Hall–Kier alpha value is -3.07. The van der Waals surface area contributed by atoms with Gasteiger partial charge in [-0.3, -0.25) is 9.10 Å². The normalized spacial score (nSPS) is 11.0. The lowest BCUT2D eigenvalue weighted by Gasteiger charge is -2.24. The van der Waals surface area contributed by atoms with Crippen molar-refractivity contribution in [1.82, 2.24) is 0 Å². The summed E-state index contributed by atoms with van der Waals surface area (Å²) in [6, 6.07) is 16.7. The van der Waals surface area contributed by atoms with E-state index in [0.717, 1.165) is 4.31 Å². The van der Waals surface area contributed by atoms with Gasteiger partial charge in [0, 0.05) is 15.7 Å². The number of carbonyl (C=O) groups excluding carboxylic acids is 2. The number of benzene rings is 3. The molecule has 3 aromatic carbocycles. The molecule has 3 rings (SSSR count). The number of ether oxygens (including phenoxy) is 1. The van der Waals surface area contributed by atoms with Crippen molar-refractivity contribution in [3.8, 4) is 0 Å². The number of hydrogen-bond donors (Lipinski definition) is 1. The van der Waals surface area contributed by atoms with E-state index in [1.54, 1.807) is 37.3 Å². The third kappa shape index (κ3) is 5.84. The molecule has 0 bridgehead atoms. The van der Waals surface area contributed by atoms with Crippen LogP contribution in [0.2, 0.25) is 10.0 Å². The third-order valence-corrected chi connectivity index (χ3v) is 6.91. The van der Waals surface area contributed by atoms with Gasteiger partial charge < -0.3 is 10.1 Å². The Balaban J connectivity index is 1.97. The topological polar surface area (TPSA) is 92.8 Å². The number of sulfonamides is 1. The van der Waals surface area contributed by atoms with E-state index in [9.17, 15) is 18.0 Å². The quantitative estimate of drug-likeness (QED) is 0.459. The van der Waals surface area contributed by atoms with Gasteiger partial charge in [-0.05, 0) is 55.0 Å². The highest BCUT2D eigenvalue weighted by molar-refractivity contribution is 7.92. The van der Waals surface area contributed by atoms with Gasteiger partial charge in [0.05, 0.1) is 23.3 Å². The molecule has 0 aliphatic heterocycles. The number of esters is 1. The second kappa shape index (κ2) is 10.2. The van der Waals surface area contributed by atoms with Crippen LogP contribution >= 0.6 is 23.2 Å². The van der Waals surface area contributed by atoms with Crippen LogP contribution in [0.5, 0.6) is 0 Å². The molecule has 0 aliphatic carbocycles. The van der Waals surface area contributed by atoms with Gasteiger partial charge in [-0.1, -0.05) is 47.5 Å². The summed E-state index contributed by atoms with van der Waals surface area (Å²) >= 11 is 12.2. The zero-order valence-corrected chi connectivity index (χ0v) is 20.0. The molecule has 172 valence electrons. The van der Waals surface area contributed by atoms with Gasteiger partial charge in [0.25, 0.3) is 10.0 Å². The SMILES string of the molecule is COC(=O)c1ccc(C)c(NC(=O)CN(c2cc(Cl)cc(Cl)c2)S(=O)(=O)c2ccccc2)c1. The molecule has 0 unspecified atom stereocenters. The second-order valence-electron chi connectivity index (χ2n) is 7.02.